The number of nitrogens with one attached hydrogen (secondary N) is 2. The Kier molecular flexibility index (Phi) is 6.82. The molecule has 2 aromatic carbocycles. The molecule has 0 aliphatic heterocycles. The smallest absolute Gasteiger partial charge is 0.258 e. The summed E-state index contributed by atoms with van der Waals surface area (Å²) in [6, 6.07) is 17.2. The summed E-state index contributed by atoms with van der Waals surface area (Å²) in [6.07, 6.45) is 7.43. The van der Waals surface area contributed by atoms with Gasteiger partial charge in [0.15, 0.2) is 0 Å². The highest BCUT2D eigenvalue weighted by atomic mass is 32.1. The minimum atomic E-state index is -0.187. The number of anilines is 2. The van der Waals surface area contributed by atoms with Gasteiger partial charge >= 0.3 is 0 Å². The first-order valence-electron chi connectivity index (χ1n) is 11.1. The third kappa shape index (κ3) is 5.05. The van der Waals surface area contributed by atoms with E-state index in [4.69, 9.17) is 0 Å². The molecule has 0 bridgehead atoms. The van der Waals surface area contributed by atoms with Crippen LogP contribution in [0.1, 0.15) is 69.3 Å². The number of benzene rings is 2. The SMILES string of the molecule is CCCCc1ccc(NC(=O)c2c(NC(=O)c3ccccc3)sc3c2CCCC3)cc1. The van der Waals surface area contributed by atoms with E-state index in [0.29, 0.717) is 16.1 Å². The number of thiophene rings is 1. The minimum absolute atomic E-state index is 0.149. The molecule has 2 N–H and O–H groups in total. The van der Waals surface area contributed by atoms with E-state index in [1.165, 1.54) is 16.9 Å². The fourth-order valence-electron chi connectivity index (χ4n) is 3.99. The molecule has 0 atom stereocenters. The van der Waals surface area contributed by atoms with Gasteiger partial charge < -0.3 is 10.6 Å². The second-order valence-corrected chi connectivity index (χ2v) is 9.09. The van der Waals surface area contributed by atoms with E-state index < -0.39 is 0 Å². The molecule has 0 spiro atoms. The summed E-state index contributed by atoms with van der Waals surface area (Å²) in [7, 11) is 0. The average molecular weight is 433 g/mol. The van der Waals surface area contributed by atoms with E-state index in [2.05, 4.69) is 29.7 Å². The first-order valence-corrected chi connectivity index (χ1v) is 11.9. The van der Waals surface area contributed by atoms with E-state index in [1.54, 1.807) is 23.5 Å². The van der Waals surface area contributed by atoms with Gasteiger partial charge in [0.2, 0.25) is 0 Å². The third-order valence-electron chi connectivity index (χ3n) is 5.69. The Labute approximate surface area is 187 Å². The molecule has 5 heteroatoms. The van der Waals surface area contributed by atoms with E-state index in [9.17, 15) is 9.59 Å². The lowest BCUT2D eigenvalue weighted by molar-refractivity contribution is 0.102. The average Bonchev–Trinajstić information content (AvgIpc) is 3.17. The van der Waals surface area contributed by atoms with E-state index >= 15 is 0 Å². The number of unbranched alkanes of at least 4 members (excludes halogenated alkanes) is 1. The minimum Gasteiger partial charge on any atom is -0.322 e. The number of carbonyl (C=O) groups is 2. The van der Waals surface area contributed by atoms with Crippen molar-refractivity contribution in [3.05, 3.63) is 81.7 Å². The molecule has 1 aliphatic carbocycles. The number of hydrogen-bond donors (Lipinski definition) is 2. The lowest BCUT2D eigenvalue weighted by Crippen LogP contribution is -2.18. The van der Waals surface area contributed by atoms with Crippen molar-refractivity contribution in [3.8, 4) is 0 Å². The molecule has 4 rings (SSSR count). The van der Waals surface area contributed by atoms with Crippen molar-refractivity contribution in [1.82, 2.24) is 0 Å². The highest BCUT2D eigenvalue weighted by molar-refractivity contribution is 7.17. The van der Waals surface area contributed by atoms with Gasteiger partial charge in [-0.2, -0.15) is 0 Å². The summed E-state index contributed by atoms with van der Waals surface area (Å²) < 4.78 is 0. The van der Waals surface area contributed by atoms with Gasteiger partial charge in [-0.1, -0.05) is 43.7 Å². The zero-order valence-corrected chi connectivity index (χ0v) is 18.7. The van der Waals surface area contributed by atoms with Crippen LogP contribution in [0.5, 0.6) is 0 Å². The van der Waals surface area contributed by atoms with Crippen molar-refractivity contribution in [2.24, 2.45) is 0 Å². The Morgan fingerprint density at radius 2 is 1.65 bits per heavy atom. The molecule has 3 aromatic rings. The van der Waals surface area contributed by atoms with Crippen LogP contribution < -0.4 is 10.6 Å². The van der Waals surface area contributed by atoms with Crippen LogP contribution in [0.25, 0.3) is 0 Å². The zero-order chi connectivity index (χ0) is 21.6. The normalized spacial score (nSPS) is 12.8. The molecule has 160 valence electrons. The van der Waals surface area contributed by atoms with Crippen LogP contribution in [0.3, 0.4) is 0 Å². The predicted octanol–water partition coefficient (Wildman–Crippen LogP) is 6.47. The second-order valence-electron chi connectivity index (χ2n) is 7.99. The van der Waals surface area contributed by atoms with Crippen molar-refractivity contribution < 1.29 is 9.59 Å². The van der Waals surface area contributed by atoms with Gasteiger partial charge in [0, 0.05) is 16.1 Å². The molecule has 2 amide bonds. The molecule has 4 nitrogen and oxygen atoms in total. The van der Waals surface area contributed by atoms with Gasteiger partial charge in [-0.25, -0.2) is 0 Å². The maximum Gasteiger partial charge on any atom is 0.258 e. The molecule has 0 unspecified atom stereocenters. The second kappa shape index (κ2) is 9.92. The first kappa shape index (κ1) is 21.3. The molecular formula is C26H28N2O2S. The Hall–Kier alpha value is -2.92. The van der Waals surface area contributed by atoms with Crippen LogP contribution >= 0.6 is 11.3 Å². The molecule has 31 heavy (non-hydrogen) atoms. The van der Waals surface area contributed by atoms with Gasteiger partial charge in [0.05, 0.1) is 5.56 Å². The van der Waals surface area contributed by atoms with Crippen molar-refractivity contribution in [3.63, 3.8) is 0 Å². The molecule has 0 radical (unpaired) electrons. The quantitative estimate of drug-likeness (QED) is 0.449. The van der Waals surface area contributed by atoms with Crippen LogP contribution in [0.2, 0.25) is 0 Å². The lowest BCUT2D eigenvalue weighted by Gasteiger charge is -2.13. The summed E-state index contributed by atoms with van der Waals surface area (Å²) in [5.41, 5.74) is 4.36. The maximum absolute atomic E-state index is 13.3. The van der Waals surface area contributed by atoms with Crippen LogP contribution in [-0.2, 0) is 19.3 Å². The lowest BCUT2D eigenvalue weighted by atomic mass is 9.95. The van der Waals surface area contributed by atoms with Gasteiger partial charge in [-0.05, 0) is 73.9 Å². The van der Waals surface area contributed by atoms with Gasteiger partial charge in [0.25, 0.3) is 11.8 Å². The predicted molar refractivity (Wildman–Crippen MR) is 128 cm³/mol. The number of carbonyl (C=O) groups excluding carboxylic acids is 2. The van der Waals surface area contributed by atoms with Crippen LogP contribution in [0.4, 0.5) is 10.7 Å². The molecule has 0 saturated carbocycles. The van der Waals surface area contributed by atoms with Crippen molar-refractivity contribution in [1.29, 1.82) is 0 Å². The van der Waals surface area contributed by atoms with Crippen molar-refractivity contribution >= 4 is 33.8 Å². The number of hydrogen-bond acceptors (Lipinski definition) is 3. The molecule has 1 aliphatic rings. The van der Waals surface area contributed by atoms with Gasteiger partial charge in [-0.3, -0.25) is 9.59 Å². The Balaban J connectivity index is 1.56. The van der Waals surface area contributed by atoms with E-state index in [-0.39, 0.29) is 11.8 Å². The van der Waals surface area contributed by atoms with E-state index in [1.807, 2.05) is 30.3 Å². The largest absolute Gasteiger partial charge is 0.322 e. The fourth-order valence-corrected chi connectivity index (χ4v) is 5.27. The fraction of sp³-hybridized carbons (Fsp3) is 0.308. The summed E-state index contributed by atoms with van der Waals surface area (Å²) in [6.45, 7) is 2.18. The highest BCUT2D eigenvalue weighted by Crippen LogP contribution is 2.38. The van der Waals surface area contributed by atoms with E-state index in [0.717, 1.165) is 49.8 Å². The first-order chi connectivity index (χ1) is 15.2. The Bertz CT molecular complexity index is 1060. The van der Waals surface area contributed by atoms with Crippen LogP contribution in [0, 0.1) is 0 Å². The monoisotopic (exact) mass is 432 g/mol. The summed E-state index contributed by atoms with van der Waals surface area (Å²) in [5, 5.41) is 6.70. The highest BCUT2D eigenvalue weighted by Gasteiger charge is 2.26. The van der Waals surface area contributed by atoms with Crippen LogP contribution in [0.15, 0.2) is 54.6 Å². The summed E-state index contributed by atoms with van der Waals surface area (Å²) in [5.74, 6) is -0.336. The van der Waals surface area contributed by atoms with Crippen molar-refractivity contribution in [2.45, 2.75) is 51.9 Å². The maximum atomic E-state index is 13.3. The Morgan fingerprint density at radius 1 is 0.903 bits per heavy atom. The summed E-state index contributed by atoms with van der Waals surface area (Å²) in [4.78, 5) is 27.3. The number of fused-ring (bicyclic) bond motifs is 1. The van der Waals surface area contributed by atoms with Gasteiger partial charge in [-0.15, -0.1) is 11.3 Å². The van der Waals surface area contributed by atoms with Crippen LogP contribution in [-0.4, -0.2) is 11.8 Å². The summed E-state index contributed by atoms with van der Waals surface area (Å²) >= 11 is 1.54. The van der Waals surface area contributed by atoms with Gasteiger partial charge in [0.1, 0.15) is 5.00 Å². The Morgan fingerprint density at radius 3 is 2.39 bits per heavy atom. The zero-order valence-electron chi connectivity index (χ0n) is 17.9. The number of amides is 2. The third-order valence-corrected chi connectivity index (χ3v) is 6.90. The molecule has 0 fully saturated rings. The van der Waals surface area contributed by atoms with Crippen molar-refractivity contribution in [2.75, 3.05) is 10.6 Å². The molecule has 1 aromatic heterocycles. The topological polar surface area (TPSA) is 58.2 Å². The molecule has 0 saturated heterocycles. The molecular weight excluding hydrogens is 404 g/mol. The standard InChI is InChI=1S/C26H28N2O2S/c1-2-3-9-18-14-16-20(17-15-18)27-25(30)23-21-12-7-8-13-22(21)31-26(23)28-24(29)19-10-5-4-6-11-19/h4-6,10-11,14-17H,2-3,7-9,12-13H2,1H3,(H,27,30)(H,28,29). The molecule has 1 heterocycles. The number of rotatable bonds is 7. The number of aryl methyl sites for hydroxylation is 2.